The number of amides is 1. The molecule has 0 aliphatic rings. The van der Waals surface area contributed by atoms with Crippen LogP contribution in [0.1, 0.15) is 30.8 Å². The molecular formula is C11H14BrNO4. The largest absolute Gasteiger partial charge is 0.480 e. The number of hydrogen-bond acceptors (Lipinski definition) is 3. The van der Waals surface area contributed by atoms with E-state index in [4.69, 9.17) is 9.52 Å². The summed E-state index contributed by atoms with van der Waals surface area (Å²) in [7, 11) is 0. The fourth-order valence-electron chi connectivity index (χ4n) is 1.33. The summed E-state index contributed by atoms with van der Waals surface area (Å²) >= 11 is 3.08. The lowest BCUT2D eigenvalue weighted by molar-refractivity contribution is -0.140. The van der Waals surface area contributed by atoms with Gasteiger partial charge in [-0.15, -0.1) is 0 Å². The smallest absolute Gasteiger partial charge is 0.326 e. The summed E-state index contributed by atoms with van der Waals surface area (Å²) in [5, 5.41) is 11.5. The molecule has 0 aliphatic carbocycles. The van der Waals surface area contributed by atoms with Crippen molar-refractivity contribution < 1.29 is 19.1 Å². The molecule has 1 aromatic rings. The zero-order valence-electron chi connectivity index (χ0n) is 9.57. The number of nitrogens with one attached hydrogen (secondary N) is 1. The first-order chi connectivity index (χ1) is 7.95. The minimum atomic E-state index is -1.04. The van der Waals surface area contributed by atoms with Crippen LogP contribution in [-0.4, -0.2) is 23.0 Å². The van der Waals surface area contributed by atoms with Gasteiger partial charge < -0.3 is 14.8 Å². The van der Waals surface area contributed by atoms with Crippen LogP contribution in [0, 0.1) is 5.92 Å². The van der Waals surface area contributed by atoms with Crippen molar-refractivity contribution in [1.29, 1.82) is 0 Å². The Balaban J connectivity index is 2.74. The Kier molecular flexibility index (Phi) is 4.74. The maximum absolute atomic E-state index is 11.7. The standard InChI is InChI=1S/C11H14BrNO4/c1-3-6(2)9(11(15)16)13-10(14)7-4-5-8(12)17-7/h4-6,9H,3H2,1-2H3,(H,13,14)(H,15,16). The second kappa shape index (κ2) is 5.86. The number of furan rings is 1. The molecule has 0 bridgehead atoms. The maximum Gasteiger partial charge on any atom is 0.326 e. The van der Waals surface area contributed by atoms with Crippen LogP contribution < -0.4 is 5.32 Å². The lowest BCUT2D eigenvalue weighted by Crippen LogP contribution is -2.44. The number of rotatable bonds is 5. The average molecular weight is 304 g/mol. The topological polar surface area (TPSA) is 79.5 Å². The highest BCUT2D eigenvalue weighted by Gasteiger charge is 2.26. The molecule has 0 saturated carbocycles. The first-order valence-corrected chi connectivity index (χ1v) is 6.04. The number of carbonyl (C=O) groups excluding carboxylic acids is 1. The Bertz CT molecular complexity index is 415. The Hall–Kier alpha value is -1.30. The molecule has 2 N–H and O–H groups in total. The predicted molar refractivity (Wildman–Crippen MR) is 64.8 cm³/mol. The number of carboxylic acids is 1. The van der Waals surface area contributed by atoms with Gasteiger partial charge in [-0.2, -0.15) is 0 Å². The number of halogens is 1. The summed E-state index contributed by atoms with van der Waals surface area (Å²) in [5.41, 5.74) is 0. The fraction of sp³-hybridized carbons (Fsp3) is 0.455. The monoisotopic (exact) mass is 303 g/mol. The van der Waals surface area contributed by atoms with Crippen LogP contribution in [0.4, 0.5) is 0 Å². The van der Waals surface area contributed by atoms with Crippen LogP contribution in [-0.2, 0) is 4.79 Å². The predicted octanol–water partition coefficient (Wildman–Crippen LogP) is 2.27. The second-order valence-corrected chi connectivity index (χ2v) is 4.56. The maximum atomic E-state index is 11.7. The van der Waals surface area contributed by atoms with Crippen molar-refractivity contribution in [2.75, 3.05) is 0 Å². The molecule has 17 heavy (non-hydrogen) atoms. The number of aliphatic carboxylic acids is 1. The van der Waals surface area contributed by atoms with Gasteiger partial charge in [-0.05, 0) is 34.0 Å². The van der Waals surface area contributed by atoms with Crippen LogP contribution in [0.5, 0.6) is 0 Å². The number of hydrogen-bond donors (Lipinski definition) is 2. The van der Waals surface area contributed by atoms with E-state index in [9.17, 15) is 9.59 Å². The molecule has 5 nitrogen and oxygen atoms in total. The molecule has 2 atom stereocenters. The molecule has 2 unspecified atom stereocenters. The lowest BCUT2D eigenvalue weighted by Gasteiger charge is -2.19. The normalized spacial score (nSPS) is 14.1. The van der Waals surface area contributed by atoms with Crippen LogP contribution in [0.3, 0.4) is 0 Å². The molecule has 1 aromatic heterocycles. The van der Waals surface area contributed by atoms with E-state index >= 15 is 0 Å². The van der Waals surface area contributed by atoms with Gasteiger partial charge in [0.25, 0.3) is 5.91 Å². The zero-order valence-corrected chi connectivity index (χ0v) is 11.2. The molecule has 1 heterocycles. The Morgan fingerprint density at radius 3 is 2.59 bits per heavy atom. The molecule has 1 amide bonds. The quantitative estimate of drug-likeness (QED) is 0.874. The average Bonchev–Trinajstić information content (AvgIpc) is 2.71. The third-order valence-corrected chi connectivity index (χ3v) is 2.99. The summed E-state index contributed by atoms with van der Waals surface area (Å²) in [6.07, 6.45) is 0.666. The van der Waals surface area contributed by atoms with Gasteiger partial charge in [0.2, 0.25) is 0 Å². The van der Waals surface area contributed by atoms with E-state index in [0.717, 1.165) is 0 Å². The Labute approximate surface area is 107 Å². The summed E-state index contributed by atoms with van der Waals surface area (Å²) in [6, 6.07) is 2.15. The first kappa shape index (κ1) is 13.8. The van der Waals surface area contributed by atoms with E-state index in [0.29, 0.717) is 11.1 Å². The van der Waals surface area contributed by atoms with Gasteiger partial charge in [-0.1, -0.05) is 20.3 Å². The van der Waals surface area contributed by atoms with Crippen molar-refractivity contribution in [3.63, 3.8) is 0 Å². The van der Waals surface area contributed by atoms with Crippen molar-refractivity contribution in [1.82, 2.24) is 5.32 Å². The van der Waals surface area contributed by atoms with Gasteiger partial charge in [-0.25, -0.2) is 4.79 Å². The minimum absolute atomic E-state index is 0.0893. The molecule has 0 radical (unpaired) electrons. The van der Waals surface area contributed by atoms with Crippen LogP contribution >= 0.6 is 15.9 Å². The molecule has 6 heteroatoms. The Morgan fingerprint density at radius 1 is 1.53 bits per heavy atom. The summed E-state index contributed by atoms with van der Waals surface area (Å²) in [4.78, 5) is 22.7. The fourth-order valence-corrected chi connectivity index (χ4v) is 1.64. The van der Waals surface area contributed by atoms with E-state index in [1.165, 1.54) is 6.07 Å². The summed E-state index contributed by atoms with van der Waals surface area (Å²) in [6.45, 7) is 3.65. The highest BCUT2D eigenvalue weighted by atomic mass is 79.9. The molecule has 94 valence electrons. The molecular weight excluding hydrogens is 290 g/mol. The van der Waals surface area contributed by atoms with Gasteiger partial charge >= 0.3 is 5.97 Å². The van der Waals surface area contributed by atoms with Crippen molar-refractivity contribution in [2.45, 2.75) is 26.3 Å². The highest BCUT2D eigenvalue weighted by Crippen LogP contribution is 2.15. The summed E-state index contributed by atoms with van der Waals surface area (Å²) < 4.78 is 5.48. The van der Waals surface area contributed by atoms with Gasteiger partial charge in [0.15, 0.2) is 10.4 Å². The highest BCUT2D eigenvalue weighted by molar-refractivity contribution is 9.10. The zero-order chi connectivity index (χ0) is 13.0. The van der Waals surface area contributed by atoms with Gasteiger partial charge in [0.05, 0.1) is 0 Å². The van der Waals surface area contributed by atoms with Crippen molar-refractivity contribution in [3.05, 3.63) is 22.6 Å². The van der Waals surface area contributed by atoms with E-state index < -0.39 is 17.9 Å². The van der Waals surface area contributed by atoms with Crippen molar-refractivity contribution in [3.8, 4) is 0 Å². The van der Waals surface area contributed by atoms with Crippen molar-refractivity contribution >= 4 is 27.8 Å². The second-order valence-electron chi connectivity index (χ2n) is 3.78. The Morgan fingerprint density at radius 2 is 2.18 bits per heavy atom. The van der Waals surface area contributed by atoms with E-state index in [1.807, 2.05) is 6.92 Å². The molecule has 0 saturated heterocycles. The van der Waals surface area contributed by atoms with E-state index in [1.54, 1.807) is 13.0 Å². The molecule has 1 rings (SSSR count). The molecule has 0 spiro atoms. The van der Waals surface area contributed by atoms with Crippen LogP contribution in [0.25, 0.3) is 0 Å². The SMILES string of the molecule is CCC(C)C(NC(=O)c1ccc(Br)o1)C(=O)O. The van der Waals surface area contributed by atoms with Gasteiger partial charge in [0.1, 0.15) is 6.04 Å². The van der Waals surface area contributed by atoms with E-state index in [2.05, 4.69) is 21.2 Å². The first-order valence-electron chi connectivity index (χ1n) is 5.24. The van der Waals surface area contributed by atoms with Crippen LogP contribution in [0.2, 0.25) is 0 Å². The third-order valence-electron chi connectivity index (χ3n) is 2.56. The van der Waals surface area contributed by atoms with E-state index in [-0.39, 0.29) is 11.7 Å². The number of carboxylic acid groups (broad SMARTS) is 1. The molecule has 0 aliphatic heterocycles. The molecule has 0 aromatic carbocycles. The van der Waals surface area contributed by atoms with Crippen molar-refractivity contribution in [2.24, 2.45) is 5.92 Å². The van der Waals surface area contributed by atoms with Crippen LogP contribution in [0.15, 0.2) is 21.2 Å². The van der Waals surface area contributed by atoms with Gasteiger partial charge in [0, 0.05) is 0 Å². The third kappa shape index (κ3) is 3.59. The lowest BCUT2D eigenvalue weighted by atomic mass is 9.99. The minimum Gasteiger partial charge on any atom is -0.480 e. The summed E-state index contributed by atoms with van der Waals surface area (Å²) in [5.74, 6) is -1.62. The molecule has 0 fully saturated rings. The number of carbonyl (C=O) groups is 2. The van der Waals surface area contributed by atoms with Gasteiger partial charge in [-0.3, -0.25) is 4.79 Å².